The molecule has 0 saturated heterocycles. The Labute approximate surface area is 138 Å². The van der Waals surface area contributed by atoms with Gasteiger partial charge in [0.15, 0.2) is 6.19 Å². The molecule has 0 radical (unpaired) electrons. The Kier molecular flexibility index (Phi) is 3.76. The number of hydrogen-bond donors (Lipinski definition) is 2. The molecule has 0 aliphatic rings. The average Bonchev–Trinajstić information content (AvgIpc) is 3.09. The summed E-state index contributed by atoms with van der Waals surface area (Å²) in [4.78, 5) is 27.7. The number of H-pyrrole nitrogens is 1. The molecule has 0 aliphatic heterocycles. The van der Waals surface area contributed by atoms with Crippen molar-refractivity contribution in [2.45, 2.75) is 0 Å². The lowest BCUT2D eigenvalue weighted by Crippen LogP contribution is -2.21. The summed E-state index contributed by atoms with van der Waals surface area (Å²) in [6.07, 6.45) is 3.53. The molecule has 2 aromatic carbocycles. The van der Waals surface area contributed by atoms with Crippen LogP contribution >= 0.6 is 0 Å². The van der Waals surface area contributed by atoms with Crippen LogP contribution in [0.5, 0.6) is 0 Å². The second kappa shape index (κ2) is 5.89. The Balaban J connectivity index is 2.14. The van der Waals surface area contributed by atoms with Crippen LogP contribution in [0.4, 0.5) is 0 Å². The van der Waals surface area contributed by atoms with E-state index in [1.54, 1.807) is 42.7 Å². The van der Waals surface area contributed by atoms with Crippen LogP contribution in [0.25, 0.3) is 22.0 Å². The monoisotopic (exact) mass is 318 g/mol. The number of nitriles is 1. The van der Waals surface area contributed by atoms with Crippen LogP contribution in [0.1, 0.15) is 20.7 Å². The number of amides is 2. The van der Waals surface area contributed by atoms with Crippen molar-refractivity contribution in [2.24, 2.45) is 5.73 Å². The van der Waals surface area contributed by atoms with Crippen LogP contribution in [0.15, 0.2) is 48.7 Å². The van der Waals surface area contributed by atoms with Gasteiger partial charge in [0.25, 0.3) is 11.8 Å². The molecule has 3 rings (SSSR count). The van der Waals surface area contributed by atoms with E-state index in [4.69, 9.17) is 11.0 Å². The van der Waals surface area contributed by atoms with Crippen LogP contribution in [0.3, 0.4) is 0 Å². The number of hydrogen-bond acceptors (Lipinski definition) is 3. The molecule has 1 aromatic heterocycles. The van der Waals surface area contributed by atoms with Crippen molar-refractivity contribution in [3.05, 3.63) is 59.8 Å². The fourth-order valence-electron chi connectivity index (χ4n) is 2.67. The maximum atomic E-state index is 12.2. The van der Waals surface area contributed by atoms with Gasteiger partial charge >= 0.3 is 0 Å². The highest BCUT2D eigenvalue weighted by Crippen LogP contribution is 2.30. The summed E-state index contributed by atoms with van der Waals surface area (Å²) in [7, 11) is 1.42. The Morgan fingerprint density at radius 1 is 1.21 bits per heavy atom. The third kappa shape index (κ3) is 2.48. The topological polar surface area (TPSA) is 103 Å². The zero-order valence-electron chi connectivity index (χ0n) is 12.9. The number of carbonyl (C=O) groups excluding carboxylic acids is 2. The number of carbonyl (C=O) groups is 2. The molecule has 3 aromatic rings. The Morgan fingerprint density at radius 3 is 2.71 bits per heavy atom. The van der Waals surface area contributed by atoms with Gasteiger partial charge in [0.1, 0.15) is 0 Å². The molecule has 2 amide bonds. The minimum Gasteiger partial charge on any atom is -0.366 e. The number of fused-ring (bicyclic) bond motifs is 1. The van der Waals surface area contributed by atoms with Gasteiger partial charge in [-0.3, -0.25) is 9.59 Å². The number of benzene rings is 2. The number of nitrogens with zero attached hydrogens (tertiary/aromatic N) is 2. The van der Waals surface area contributed by atoms with E-state index in [2.05, 4.69) is 4.98 Å². The van der Waals surface area contributed by atoms with E-state index >= 15 is 0 Å². The van der Waals surface area contributed by atoms with Gasteiger partial charge in [0.05, 0.1) is 11.1 Å². The van der Waals surface area contributed by atoms with E-state index in [1.807, 2.05) is 12.1 Å². The van der Waals surface area contributed by atoms with Crippen molar-refractivity contribution < 1.29 is 9.59 Å². The first-order valence-corrected chi connectivity index (χ1v) is 7.21. The van der Waals surface area contributed by atoms with Gasteiger partial charge in [0, 0.05) is 24.2 Å². The lowest BCUT2D eigenvalue weighted by Gasteiger charge is -2.10. The van der Waals surface area contributed by atoms with Crippen molar-refractivity contribution in [3.63, 3.8) is 0 Å². The first-order valence-electron chi connectivity index (χ1n) is 7.21. The maximum Gasteiger partial charge on any atom is 0.266 e. The predicted molar refractivity (Wildman–Crippen MR) is 90.0 cm³/mol. The highest BCUT2D eigenvalue weighted by molar-refractivity contribution is 6.09. The second-order valence-corrected chi connectivity index (χ2v) is 5.34. The highest BCUT2D eigenvalue weighted by Gasteiger charge is 2.15. The first kappa shape index (κ1) is 15.3. The number of rotatable bonds is 3. The molecular formula is C18H14N4O2. The summed E-state index contributed by atoms with van der Waals surface area (Å²) in [6, 6.07) is 12.3. The van der Waals surface area contributed by atoms with Gasteiger partial charge in [-0.05, 0) is 35.4 Å². The van der Waals surface area contributed by atoms with Crippen molar-refractivity contribution in [2.75, 3.05) is 7.05 Å². The van der Waals surface area contributed by atoms with Crippen LogP contribution in [0.2, 0.25) is 0 Å². The molecule has 24 heavy (non-hydrogen) atoms. The molecule has 6 nitrogen and oxygen atoms in total. The lowest BCUT2D eigenvalue weighted by molar-refractivity contribution is 0.0858. The minimum absolute atomic E-state index is 0.376. The maximum absolute atomic E-state index is 12.2. The number of nitrogens with one attached hydrogen (secondary N) is 1. The van der Waals surface area contributed by atoms with Crippen LogP contribution in [0, 0.1) is 11.5 Å². The number of primary amides is 1. The summed E-state index contributed by atoms with van der Waals surface area (Å²) in [5.41, 5.74) is 8.57. The fourth-order valence-corrected chi connectivity index (χ4v) is 2.67. The summed E-state index contributed by atoms with van der Waals surface area (Å²) in [5.74, 6) is -0.882. The Bertz CT molecular complexity index is 998. The molecule has 0 atom stereocenters. The first-order chi connectivity index (χ1) is 11.5. The smallest absolute Gasteiger partial charge is 0.266 e. The van der Waals surface area contributed by atoms with E-state index < -0.39 is 5.91 Å². The number of aromatic amines is 1. The molecule has 6 heteroatoms. The standard InChI is InChI=1S/C18H14N4O2/c1-22(10-19)18(24)12-4-2-3-11(9-12)13-5-6-15(17(20)23)16-14(13)7-8-21-16/h2-9,21H,1H3,(H2,20,23). The van der Waals surface area contributed by atoms with Gasteiger partial charge in [0.2, 0.25) is 0 Å². The zero-order chi connectivity index (χ0) is 17.3. The summed E-state index contributed by atoms with van der Waals surface area (Å²) in [6.45, 7) is 0. The second-order valence-electron chi connectivity index (χ2n) is 5.34. The lowest BCUT2D eigenvalue weighted by atomic mass is 9.97. The van der Waals surface area contributed by atoms with Gasteiger partial charge < -0.3 is 10.7 Å². The normalized spacial score (nSPS) is 10.3. The number of aromatic nitrogens is 1. The van der Waals surface area contributed by atoms with Gasteiger partial charge in [-0.2, -0.15) is 5.26 Å². The largest absolute Gasteiger partial charge is 0.366 e. The molecule has 118 valence electrons. The third-order valence-electron chi connectivity index (χ3n) is 3.86. The van der Waals surface area contributed by atoms with E-state index in [1.165, 1.54) is 7.05 Å². The van der Waals surface area contributed by atoms with Crippen molar-refractivity contribution in [1.29, 1.82) is 5.26 Å². The van der Waals surface area contributed by atoms with Crippen molar-refractivity contribution in [3.8, 4) is 17.3 Å². The summed E-state index contributed by atoms with van der Waals surface area (Å²) < 4.78 is 0. The molecular weight excluding hydrogens is 304 g/mol. The summed E-state index contributed by atoms with van der Waals surface area (Å²) >= 11 is 0. The quantitative estimate of drug-likeness (QED) is 0.572. The molecule has 0 aliphatic carbocycles. The molecule has 0 saturated carbocycles. The molecule has 3 N–H and O–H groups in total. The molecule has 0 spiro atoms. The van der Waals surface area contributed by atoms with Gasteiger partial charge in [-0.15, -0.1) is 0 Å². The van der Waals surface area contributed by atoms with Crippen LogP contribution in [-0.2, 0) is 0 Å². The SMILES string of the molecule is CN(C#N)C(=O)c1cccc(-c2ccc(C(N)=O)c3[nH]ccc23)c1. The van der Waals surface area contributed by atoms with Crippen molar-refractivity contribution in [1.82, 2.24) is 9.88 Å². The summed E-state index contributed by atoms with van der Waals surface area (Å²) in [5, 5.41) is 9.69. The highest BCUT2D eigenvalue weighted by atomic mass is 16.2. The predicted octanol–water partition coefficient (Wildman–Crippen LogP) is 2.49. The van der Waals surface area contributed by atoms with E-state index in [9.17, 15) is 9.59 Å². The number of nitrogens with two attached hydrogens (primary N) is 1. The van der Waals surface area contributed by atoms with E-state index in [-0.39, 0.29) is 5.91 Å². The molecule has 0 unspecified atom stereocenters. The van der Waals surface area contributed by atoms with Crippen LogP contribution < -0.4 is 5.73 Å². The Hall–Kier alpha value is -3.59. The van der Waals surface area contributed by atoms with Gasteiger partial charge in [-0.1, -0.05) is 18.2 Å². The molecule has 0 bridgehead atoms. The van der Waals surface area contributed by atoms with Crippen LogP contribution in [-0.4, -0.2) is 28.7 Å². The van der Waals surface area contributed by atoms with Gasteiger partial charge in [-0.25, -0.2) is 4.90 Å². The Morgan fingerprint density at radius 2 is 2.00 bits per heavy atom. The third-order valence-corrected chi connectivity index (χ3v) is 3.86. The molecule has 0 fully saturated rings. The zero-order valence-corrected chi connectivity index (χ0v) is 12.9. The van der Waals surface area contributed by atoms with Crippen molar-refractivity contribution >= 4 is 22.7 Å². The van der Waals surface area contributed by atoms with E-state index in [0.717, 1.165) is 21.4 Å². The minimum atomic E-state index is -0.506. The fraction of sp³-hybridized carbons (Fsp3) is 0.0556. The van der Waals surface area contributed by atoms with E-state index in [0.29, 0.717) is 16.6 Å². The average molecular weight is 318 g/mol. The molecule has 1 heterocycles.